The zero-order chi connectivity index (χ0) is 21.4. The van der Waals surface area contributed by atoms with Crippen LogP contribution in [0.1, 0.15) is 10.4 Å². The number of fused-ring (bicyclic) bond motifs is 1. The number of nitrogens with zero attached hydrogens (tertiary/aromatic N) is 5. The lowest BCUT2D eigenvalue weighted by molar-refractivity contribution is 0.0748. The van der Waals surface area contributed by atoms with Crippen molar-refractivity contribution >= 4 is 28.8 Å². The second-order valence-electron chi connectivity index (χ2n) is 7.36. The van der Waals surface area contributed by atoms with Gasteiger partial charge in [0.05, 0.1) is 11.9 Å². The minimum absolute atomic E-state index is 0.126. The Labute approximate surface area is 183 Å². The summed E-state index contributed by atoms with van der Waals surface area (Å²) in [7, 11) is 0. The monoisotopic (exact) mass is 435 g/mol. The topological polar surface area (TPSA) is 53.7 Å². The van der Waals surface area contributed by atoms with Crippen LogP contribution in [-0.2, 0) is 0 Å². The molecule has 1 saturated heterocycles. The molecule has 1 fully saturated rings. The third kappa shape index (κ3) is 3.61. The number of amides is 1. The zero-order valence-corrected chi connectivity index (χ0v) is 17.3. The molecule has 0 saturated carbocycles. The van der Waals surface area contributed by atoms with E-state index in [1.54, 1.807) is 35.4 Å². The van der Waals surface area contributed by atoms with Crippen LogP contribution in [0.4, 0.5) is 10.1 Å². The van der Waals surface area contributed by atoms with Crippen LogP contribution in [0.25, 0.3) is 16.9 Å². The van der Waals surface area contributed by atoms with Gasteiger partial charge < -0.3 is 9.80 Å². The summed E-state index contributed by atoms with van der Waals surface area (Å²) in [6.07, 6.45) is 3.09. The summed E-state index contributed by atoms with van der Waals surface area (Å²) in [5.74, 6) is -0.477. The van der Waals surface area contributed by atoms with E-state index in [0.717, 1.165) is 5.69 Å². The molecule has 0 radical (unpaired) electrons. The molecule has 0 spiro atoms. The van der Waals surface area contributed by atoms with Crippen molar-refractivity contribution in [1.82, 2.24) is 19.5 Å². The Hall–Kier alpha value is -3.45. The molecule has 0 unspecified atom stereocenters. The molecule has 0 bridgehead atoms. The van der Waals surface area contributed by atoms with E-state index in [1.807, 2.05) is 24.3 Å². The maximum Gasteiger partial charge on any atom is 0.259 e. The highest BCUT2D eigenvalue weighted by Gasteiger charge is 2.26. The highest BCUT2D eigenvalue weighted by Crippen LogP contribution is 2.25. The summed E-state index contributed by atoms with van der Waals surface area (Å²) in [6.45, 7) is 2.57. The van der Waals surface area contributed by atoms with Crippen LogP contribution in [0.3, 0.4) is 0 Å². The smallest absolute Gasteiger partial charge is 0.259 e. The molecule has 0 N–H and O–H groups in total. The average Bonchev–Trinajstić information content (AvgIpc) is 3.23. The van der Waals surface area contributed by atoms with Crippen molar-refractivity contribution in [2.75, 3.05) is 31.1 Å². The molecule has 1 aliphatic heterocycles. The van der Waals surface area contributed by atoms with E-state index >= 15 is 0 Å². The fourth-order valence-corrected chi connectivity index (χ4v) is 4.11. The van der Waals surface area contributed by atoms with Gasteiger partial charge in [-0.25, -0.2) is 13.9 Å². The van der Waals surface area contributed by atoms with Crippen LogP contribution in [-0.4, -0.2) is 51.6 Å². The van der Waals surface area contributed by atoms with Crippen molar-refractivity contribution in [1.29, 1.82) is 0 Å². The lowest BCUT2D eigenvalue weighted by Gasteiger charge is -2.36. The molecular formula is C23H19ClFN5O. The molecule has 1 amide bonds. The molecule has 156 valence electrons. The molecule has 0 aliphatic carbocycles. The van der Waals surface area contributed by atoms with Gasteiger partial charge in [0.15, 0.2) is 5.65 Å². The molecular weight excluding hydrogens is 417 g/mol. The van der Waals surface area contributed by atoms with E-state index in [0.29, 0.717) is 53.7 Å². The Morgan fingerprint density at radius 1 is 1.00 bits per heavy atom. The van der Waals surface area contributed by atoms with Gasteiger partial charge in [0.1, 0.15) is 11.4 Å². The van der Waals surface area contributed by atoms with E-state index in [1.165, 1.54) is 16.8 Å². The molecule has 5 rings (SSSR count). The van der Waals surface area contributed by atoms with Gasteiger partial charge in [0, 0.05) is 48.6 Å². The maximum atomic E-state index is 14.3. The lowest BCUT2D eigenvalue weighted by atomic mass is 10.1. The van der Waals surface area contributed by atoms with Gasteiger partial charge in [0.2, 0.25) is 0 Å². The number of hydrogen-bond donors (Lipinski definition) is 0. The largest absolute Gasteiger partial charge is 0.368 e. The van der Waals surface area contributed by atoms with Crippen LogP contribution < -0.4 is 4.90 Å². The summed E-state index contributed by atoms with van der Waals surface area (Å²) in [4.78, 5) is 21.6. The predicted molar refractivity (Wildman–Crippen MR) is 118 cm³/mol. The fraction of sp³-hybridized carbons (Fsp3) is 0.174. The summed E-state index contributed by atoms with van der Waals surface area (Å²) >= 11 is 6.10. The van der Waals surface area contributed by atoms with Crippen molar-refractivity contribution in [3.63, 3.8) is 0 Å². The van der Waals surface area contributed by atoms with Crippen LogP contribution in [0.15, 0.2) is 67.0 Å². The Morgan fingerprint density at radius 2 is 1.81 bits per heavy atom. The van der Waals surface area contributed by atoms with E-state index in [2.05, 4.69) is 15.0 Å². The number of halogens is 2. The summed E-state index contributed by atoms with van der Waals surface area (Å²) in [6, 6.07) is 15.9. The van der Waals surface area contributed by atoms with Crippen molar-refractivity contribution in [3.05, 3.63) is 83.4 Å². The average molecular weight is 436 g/mol. The predicted octanol–water partition coefficient (Wildman–Crippen LogP) is 4.15. The molecule has 0 atom stereocenters. The fourth-order valence-electron chi connectivity index (χ4n) is 3.93. The van der Waals surface area contributed by atoms with Crippen molar-refractivity contribution in [2.45, 2.75) is 0 Å². The van der Waals surface area contributed by atoms with Gasteiger partial charge in [0.25, 0.3) is 5.91 Å². The van der Waals surface area contributed by atoms with E-state index in [4.69, 9.17) is 11.6 Å². The van der Waals surface area contributed by atoms with Crippen molar-refractivity contribution in [2.24, 2.45) is 0 Å². The Balaban J connectivity index is 1.39. The number of piperazine rings is 1. The third-order valence-electron chi connectivity index (χ3n) is 5.52. The standard InChI is InChI=1S/C23H19ClFN5O/c24-16-4-3-5-17(14-16)28-10-12-29(13-11-28)23(31)19-15-27-30-21(8-9-26-22(19)30)18-6-1-2-7-20(18)25/h1-9,14-15H,10-13H2. The lowest BCUT2D eigenvalue weighted by Crippen LogP contribution is -2.48. The molecule has 3 heterocycles. The first-order chi connectivity index (χ1) is 15.1. The van der Waals surface area contributed by atoms with Gasteiger partial charge in [-0.05, 0) is 36.4 Å². The first-order valence-corrected chi connectivity index (χ1v) is 10.4. The summed E-state index contributed by atoms with van der Waals surface area (Å²) < 4.78 is 15.8. The maximum absolute atomic E-state index is 14.3. The molecule has 4 aromatic rings. The zero-order valence-electron chi connectivity index (χ0n) is 16.6. The van der Waals surface area contributed by atoms with Crippen LogP contribution in [0.2, 0.25) is 5.02 Å². The van der Waals surface area contributed by atoms with Gasteiger partial charge in [-0.2, -0.15) is 5.10 Å². The van der Waals surface area contributed by atoms with Gasteiger partial charge >= 0.3 is 0 Å². The van der Waals surface area contributed by atoms with Crippen LogP contribution in [0, 0.1) is 5.82 Å². The second kappa shape index (κ2) is 8.00. The minimum atomic E-state index is -0.351. The number of benzene rings is 2. The Bertz CT molecular complexity index is 1270. The van der Waals surface area contributed by atoms with E-state index in [-0.39, 0.29) is 11.7 Å². The number of aromatic nitrogens is 3. The van der Waals surface area contributed by atoms with E-state index in [9.17, 15) is 9.18 Å². The number of anilines is 1. The molecule has 1 aliphatic rings. The van der Waals surface area contributed by atoms with E-state index < -0.39 is 0 Å². The molecule has 8 heteroatoms. The molecule has 2 aromatic carbocycles. The van der Waals surface area contributed by atoms with Gasteiger partial charge in [-0.1, -0.05) is 29.8 Å². The van der Waals surface area contributed by atoms with Gasteiger partial charge in [-0.3, -0.25) is 4.79 Å². The minimum Gasteiger partial charge on any atom is -0.368 e. The Kier molecular flexibility index (Phi) is 5.03. The van der Waals surface area contributed by atoms with Crippen LogP contribution >= 0.6 is 11.6 Å². The molecule has 6 nitrogen and oxygen atoms in total. The van der Waals surface area contributed by atoms with Crippen LogP contribution in [0.5, 0.6) is 0 Å². The second-order valence-corrected chi connectivity index (χ2v) is 7.80. The summed E-state index contributed by atoms with van der Waals surface area (Å²) in [5.41, 5.74) is 2.84. The first kappa shape index (κ1) is 19.5. The number of carbonyl (C=O) groups excluding carboxylic acids is 1. The number of hydrogen-bond acceptors (Lipinski definition) is 4. The Morgan fingerprint density at radius 3 is 2.58 bits per heavy atom. The normalized spacial score (nSPS) is 14.3. The summed E-state index contributed by atoms with van der Waals surface area (Å²) in [5, 5.41) is 5.03. The van der Waals surface area contributed by atoms with Crippen molar-refractivity contribution < 1.29 is 9.18 Å². The van der Waals surface area contributed by atoms with Gasteiger partial charge in [-0.15, -0.1) is 0 Å². The number of rotatable bonds is 3. The number of carbonyl (C=O) groups is 1. The first-order valence-electron chi connectivity index (χ1n) is 9.99. The van der Waals surface area contributed by atoms with Crippen molar-refractivity contribution in [3.8, 4) is 11.3 Å². The highest BCUT2D eigenvalue weighted by molar-refractivity contribution is 6.30. The molecule has 31 heavy (non-hydrogen) atoms. The highest BCUT2D eigenvalue weighted by atomic mass is 35.5. The third-order valence-corrected chi connectivity index (χ3v) is 5.76. The quantitative estimate of drug-likeness (QED) is 0.485. The molecule has 2 aromatic heterocycles. The SMILES string of the molecule is O=C(c1cnn2c(-c3ccccc3F)ccnc12)N1CCN(c2cccc(Cl)c2)CC1.